The van der Waals surface area contributed by atoms with Gasteiger partial charge in [0, 0.05) is 17.0 Å². The van der Waals surface area contributed by atoms with Gasteiger partial charge in [-0.05, 0) is 74.1 Å². The number of nitrogens with two attached hydrogens (primary N) is 1. The van der Waals surface area contributed by atoms with Gasteiger partial charge >= 0.3 is 0 Å². The van der Waals surface area contributed by atoms with E-state index >= 15 is 0 Å². The van der Waals surface area contributed by atoms with Crippen LogP contribution in [0.4, 0.5) is 0 Å². The number of hydrogen-bond donors (Lipinski definition) is 2. The summed E-state index contributed by atoms with van der Waals surface area (Å²) in [6.45, 7) is 0.608. The molecule has 0 aliphatic carbocycles. The summed E-state index contributed by atoms with van der Waals surface area (Å²) in [7, 11) is 5.30. The summed E-state index contributed by atoms with van der Waals surface area (Å²) in [6, 6.07) is 16.2. The van der Waals surface area contributed by atoms with Crippen molar-refractivity contribution in [2.24, 2.45) is 5.73 Å². The molecule has 5 nitrogen and oxygen atoms in total. The number of nitrogens with one attached hydrogen (secondary N) is 1. The van der Waals surface area contributed by atoms with E-state index in [1.807, 2.05) is 49.5 Å². The summed E-state index contributed by atoms with van der Waals surface area (Å²) in [5, 5.41) is 4.46. The lowest BCUT2D eigenvalue weighted by molar-refractivity contribution is 0.415. The van der Waals surface area contributed by atoms with Crippen LogP contribution in [-0.4, -0.2) is 32.8 Å². The fourth-order valence-corrected chi connectivity index (χ4v) is 3.18. The number of ether oxygens (including phenoxy) is 2. The minimum atomic E-state index is 0.148. The Kier molecular flexibility index (Phi) is 5.71. The van der Waals surface area contributed by atoms with Gasteiger partial charge in [0.15, 0.2) is 0 Å². The minimum Gasteiger partial charge on any atom is -0.497 e. The number of rotatable bonds is 7. The second-order valence-electron chi connectivity index (χ2n) is 6.13. The first-order valence-corrected chi connectivity index (χ1v) is 8.70. The molecule has 0 radical (unpaired) electrons. The lowest BCUT2D eigenvalue weighted by Crippen LogP contribution is -2.20. The number of methoxy groups -OCH3 is 2. The van der Waals surface area contributed by atoms with Gasteiger partial charge in [0.05, 0.1) is 25.4 Å². The van der Waals surface area contributed by atoms with Gasteiger partial charge in [-0.25, -0.2) is 4.98 Å². The van der Waals surface area contributed by atoms with Crippen molar-refractivity contribution in [2.45, 2.75) is 12.5 Å². The largest absolute Gasteiger partial charge is 0.497 e. The van der Waals surface area contributed by atoms with E-state index in [1.54, 1.807) is 14.2 Å². The summed E-state index contributed by atoms with van der Waals surface area (Å²) in [6.07, 6.45) is 0.842. The van der Waals surface area contributed by atoms with Crippen molar-refractivity contribution in [1.29, 1.82) is 0 Å². The first-order chi connectivity index (χ1) is 12.7. The number of nitrogens with zero attached hydrogens (tertiary/aromatic N) is 1. The van der Waals surface area contributed by atoms with Crippen LogP contribution in [0.5, 0.6) is 11.5 Å². The topological polar surface area (TPSA) is 69.4 Å². The molecule has 0 bridgehead atoms. The zero-order valence-electron chi connectivity index (χ0n) is 15.5. The Balaban J connectivity index is 2.18. The fraction of sp³-hybridized carbons (Fsp3) is 0.286. The molecular weight excluding hydrogens is 326 g/mol. The summed E-state index contributed by atoms with van der Waals surface area (Å²) in [5.41, 5.74) is 9.92. The molecule has 26 heavy (non-hydrogen) atoms. The van der Waals surface area contributed by atoms with E-state index in [0.29, 0.717) is 6.54 Å². The molecule has 5 heteroatoms. The molecular formula is C21H25N3O2. The van der Waals surface area contributed by atoms with Crippen LogP contribution in [0.3, 0.4) is 0 Å². The van der Waals surface area contributed by atoms with E-state index in [0.717, 1.165) is 40.1 Å². The zero-order chi connectivity index (χ0) is 18.5. The highest BCUT2D eigenvalue weighted by molar-refractivity contribution is 5.87. The highest BCUT2D eigenvalue weighted by Crippen LogP contribution is 2.32. The standard InChI is InChI=1S/C21H25N3O2/c1-23-19(10-11-22)18-13-21(14-4-6-15(25-2)7-5-14)24-20-9-8-16(26-3)12-17(18)20/h4-9,12-13,19,23H,10-11,22H2,1-3H3. The molecule has 0 fully saturated rings. The second kappa shape index (κ2) is 8.17. The molecule has 1 heterocycles. The second-order valence-corrected chi connectivity index (χ2v) is 6.13. The van der Waals surface area contributed by atoms with Gasteiger partial charge < -0.3 is 20.5 Å². The molecule has 0 saturated carbocycles. The van der Waals surface area contributed by atoms with E-state index < -0.39 is 0 Å². The number of aromatic nitrogens is 1. The monoisotopic (exact) mass is 351 g/mol. The molecule has 1 aromatic heterocycles. The third-order valence-corrected chi connectivity index (χ3v) is 4.61. The number of pyridine rings is 1. The van der Waals surface area contributed by atoms with E-state index in [1.165, 1.54) is 5.56 Å². The Bertz CT molecular complexity index is 878. The van der Waals surface area contributed by atoms with Crippen molar-refractivity contribution in [3.63, 3.8) is 0 Å². The molecule has 2 aromatic carbocycles. The molecule has 0 aliphatic rings. The maximum atomic E-state index is 5.83. The van der Waals surface area contributed by atoms with Crippen LogP contribution in [0.2, 0.25) is 0 Å². The van der Waals surface area contributed by atoms with E-state index in [2.05, 4.69) is 11.4 Å². The van der Waals surface area contributed by atoms with Gasteiger partial charge in [0.2, 0.25) is 0 Å². The van der Waals surface area contributed by atoms with Crippen molar-refractivity contribution < 1.29 is 9.47 Å². The third kappa shape index (κ3) is 3.64. The van der Waals surface area contributed by atoms with Crippen LogP contribution in [0.1, 0.15) is 18.0 Å². The zero-order valence-corrected chi connectivity index (χ0v) is 15.5. The van der Waals surface area contributed by atoms with Gasteiger partial charge in [0.1, 0.15) is 11.5 Å². The van der Waals surface area contributed by atoms with Crippen molar-refractivity contribution >= 4 is 10.9 Å². The Hall–Kier alpha value is -2.63. The van der Waals surface area contributed by atoms with Crippen molar-refractivity contribution in [1.82, 2.24) is 10.3 Å². The molecule has 1 atom stereocenters. The van der Waals surface area contributed by atoms with Crippen molar-refractivity contribution in [3.8, 4) is 22.8 Å². The Morgan fingerprint density at radius 2 is 1.69 bits per heavy atom. The van der Waals surface area contributed by atoms with Crippen LogP contribution in [0.15, 0.2) is 48.5 Å². The molecule has 136 valence electrons. The maximum absolute atomic E-state index is 5.83. The van der Waals surface area contributed by atoms with Crippen LogP contribution >= 0.6 is 0 Å². The van der Waals surface area contributed by atoms with E-state index in [4.69, 9.17) is 20.2 Å². The first kappa shape index (κ1) is 18.2. The van der Waals surface area contributed by atoms with Crippen LogP contribution in [-0.2, 0) is 0 Å². The van der Waals surface area contributed by atoms with Gasteiger partial charge in [-0.3, -0.25) is 0 Å². The van der Waals surface area contributed by atoms with Crippen molar-refractivity contribution in [3.05, 3.63) is 54.1 Å². The third-order valence-electron chi connectivity index (χ3n) is 4.61. The number of hydrogen-bond acceptors (Lipinski definition) is 5. The van der Waals surface area contributed by atoms with E-state index in [-0.39, 0.29) is 6.04 Å². The Morgan fingerprint density at radius 3 is 2.31 bits per heavy atom. The average Bonchev–Trinajstić information content (AvgIpc) is 2.71. The summed E-state index contributed by atoms with van der Waals surface area (Å²) < 4.78 is 10.7. The molecule has 0 amide bonds. The lowest BCUT2D eigenvalue weighted by atomic mass is 9.96. The Morgan fingerprint density at radius 1 is 1.00 bits per heavy atom. The van der Waals surface area contributed by atoms with Crippen LogP contribution < -0.4 is 20.5 Å². The smallest absolute Gasteiger partial charge is 0.119 e. The predicted molar refractivity (Wildman–Crippen MR) is 106 cm³/mol. The molecule has 0 spiro atoms. The van der Waals surface area contributed by atoms with Gasteiger partial charge in [-0.2, -0.15) is 0 Å². The normalized spacial score (nSPS) is 12.2. The summed E-state index contributed by atoms with van der Waals surface area (Å²) >= 11 is 0. The van der Waals surface area contributed by atoms with Gasteiger partial charge in [-0.1, -0.05) is 0 Å². The van der Waals surface area contributed by atoms with E-state index in [9.17, 15) is 0 Å². The molecule has 3 N–H and O–H groups in total. The molecule has 0 aliphatic heterocycles. The van der Waals surface area contributed by atoms with Gasteiger partial charge in [-0.15, -0.1) is 0 Å². The van der Waals surface area contributed by atoms with Crippen LogP contribution in [0, 0.1) is 0 Å². The summed E-state index contributed by atoms with van der Waals surface area (Å²) in [4.78, 5) is 4.86. The lowest BCUT2D eigenvalue weighted by Gasteiger charge is -2.19. The Labute approximate surface area is 154 Å². The number of benzene rings is 2. The molecule has 0 saturated heterocycles. The molecule has 1 unspecified atom stereocenters. The first-order valence-electron chi connectivity index (χ1n) is 8.70. The van der Waals surface area contributed by atoms with Gasteiger partial charge in [0.25, 0.3) is 0 Å². The highest BCUT2D eigenvalue weighted by atomic mass is 16.5. The maximum Gasteiger partial charge on any atom is 0.119 e. The average molecular weight is 351 g/mol. The van der Waals surface area contributed by atoms with Crippen LogP contribution in [0.25, 0.3) is 22.2 Å². The summed E-state index contributed by atoms with van der Waals surface area (Å²) in [5.74, 6) is 1.65. The number of fused-ring (bicyclic) bond motifs is 1. The quantitative estimate of drug-likeness (QED) is 0.681. The SMILES string of the molecule is CNC(CCN)c1cc(-c2ccc(OC)cc2)nc2ccc(OC)cc12. The molecule has 3 rings (SSSR count). The predicted octanol–water partition coefficient (Wildman–Crippen LogP) is 3.53. The fourth-order valence-electron chi connectivity index (χ4n) is 3.18. The molecule has 3 aromatic rings. The van der Waals surface area contributed by atoms with Crippen molar-refractivity contribution in [2.75, 3.05) is 27.8 Å². The highest BCUT2D eigenvalue weighted by Gasteiger charge is 2.16. The minimum absolute atomic E-state index is 0.148.